The van der Waals surface area contributed by atoms with Crippen LogP contribution in [-0.2, 0) is 7.05 Å². The van der Waals surface area contributed by atoms with Gasteiger partial charge in [-0.25, -0.2) is 0 Å². The average Bonchev–Trinajstić information content (AvgIpc) is 2.51. The van der Waals surface area contributed by atoms with Crippen molar-refractivity contribution < 1.29 is 4.79 Å². The molecule has 0 saturated carbocycles. The van der Waals surface area contributed by atoms with E-state index in [2.05, 4.69) is 16.2 Å². The van der Waals surface area contributed by atoms with Crippen LogP contribution >= 0.6 is 0 Å². The molecule has 0 N–H and O–H groups in total. The highest BCUT2D eigenvalue weighted by Crippen LogP contribution is 1.96. The first kappa shape index (κ1) is 9.26. The molecule has 68 valence electrons. The fourth-order valence-corrected chi connectivity index (χ4v) is 0.850. The first-order chi connectivity index (χ1) is 6.15. The van der Waals surface area contributed by atoms with Gasteiger partial charge in [-0.05, 0) is 0 Å². The SMILES string of the molecule is C#CCN(C)C(=O)c1cn(C)nn1. The largest absolute Gasteiger partial charge is 0.329 e. The van der Waals surface area contributed by atoms with E-state index in [0.29, 0.717) is 5.69 Å². The second kappa shape index (κ2) is 3.72. The third-order valence-electron chi connectivity index (χ3n) is 1.50. The molecule has 1 heterocycles. The highest BCUT2D eigenvalue weighted by Gasteiger charge is 2.13. The highest BCUT2D eigenvalue weighted by molar-refractivity contribution is 5.91. The normalized spacial score (nSPS) is 9.31. The Kier molecular flexibility index (Phi) is 2.65. The van der Waals surface area contributed by atoms with E-state index in [4.69, 9.17) is 6.42 Å². The molecular formula is C8H10N4O. The Labute approximate surface area is 76.3 Å². The maximum absolute atomic E-state index is 11.5. The zero-order valence-electron chi connectivity index (χ0n) is 7.56. The van der Waals surface area contributed by atoms with Crippen molar-refractivity contribution in [1.82, 2.24) is 19.9 Å². The molecule has 13 heavy (non-hydrogen) atoms. The summed E-state index contributed by atoms with van der Waals surface area (Å²) in [5.74, 6) is 2.16. The molecule has 0 bridgehead atoms. The first-order valence-electron chi connectivity index (χ1n) is 3.70. The van der Waals surface area contributed by atoms with E-state index in [1.165, 1.54) is 9.58 Å². The van der Waals surface area contributed by atoms with Gasteiger partial charge in [0.05, 0.1) is 12.7 Å². The Balaban J connectivity index is 2.74. The summed E-state index contributed by atoms with van der Waals surface area (Å²) < 4.78 is 1.47. The topological polar surface area (TPSA) is 51.0 Å². The molecule has 1 amide bonds. The quantitative estimate of drug-likeness (QED) is 0.575. The highest BCUT2D eigenvalue weighted by atomic mass is 16.2. The Hall–Kier alpha value is -1.83. The van der Waals surface area contributed by atoms with Crippen LogP contribution < -0.4 is 0 Å². The van der Waals surface area contributed by atoms with E-state index in [-0.39, 0.29) is 12.5 Å². The van der Waals surface area contributed by atoms with E-state index in [9.17, 15) is 4.79 Å². The van der Waals surface area contributed by atoms with Gasteiger partial charge in [0, 0.05) is 14.1 Å². The van der Waals surface area contributed by atoms with E-state index < -0.39 is 0 Å². The minimum absolute atomic E-state index is 0.217. The second-order valence-corrected chi connectivity index (χ2v) is 2.64. The number of hydrogen-bond acceptors (Lipinski definition) is 3. The molecule has 1 aromatic rings. The van der Waals surface area contributed by atoms with Gasteiger partial charge in [-0.15, -0.1) is 11.5 Å². The summed E-state index contributed by atoms with van der Waals surface area (Å²) in [7, 11) is 3.32. The van der Waals surface area contributed by atoms with Crippen LogP contribution in [0.25, 0.3) is 0 Å². The van der Waals surface area contributed by atoms with Gasteiger partial charge in [0.1, 0.15) is 0 Å². The van der Waals surface area contributed by atoms with Crippen molar-refractivity contribution in [3.05, 3.63) is 11.9 Å². The van der Waals surface area contributed by atoms with Crippen molar-refractivity contribution in [2.45, 2.75) is 0 Å². The van der Waals surface area contributed by atoms with E-state index in [1.54, 1.807) is 20.3 Å². The Morgan fingerprint density at radius 2 is 2.54 bits per heavy atom. The summed E-state index contributed by atoms with van der Waals surface area (Å²) in [6.07, 6.45) is 6.62. The molecule has 0 aliphatic carbocycles. The smallest absolute Gasteiger partial charge is 0.276 e. The van der Waals surface area contributed by atoms with Crippen LogP contribution in [0, 0.1) is 12.3 Å². The fraction of sp³-hybridized carbons (Fsp3) is 0.375. The van der Waals surface area contributed by atoms with Crippen LogP contribution in [0.2, 0.25) is 0 Å². The van der Waals surface area contributed by atoms with Crippen molar-refractivity contribution in [3.63, 3.8) is 0 Å². The molecule has 1 rings (SSSR count). The number of terminal acetylenes is 1. The predicted octanol–water partition coefficient (Wildman–Crippen LogP) is -0.480. The number of aromatic nitrogens is 3. The standard InChI is InChI=1S/C8H10N4O/c1-4-5-11(2)8(13)7-6-12(3)10-9-7/h1,6H,5H2,2-3H3. The molecule has 0 aliphatic rings. The lowest BCUT2D eigenvalue weighted by Gasteiger charge is -2.10. The van der Waals surface area contributed by atoms with Crippen LogP contribution in [-0.4, -0.2) is 39.4 Å². The number of nitrogens with zero attached hydrogens (tertiary/aromatic N) is 4. The molecule has 1 aromatic heterocycles. The molecule has 0 atom stereocenters. The molecule has 0 unspecified atom stereocenters. The van der Waals surface area contributed by atoms with Crippen molar-refractivity contribution >= 4 is 5.91 Å². The predicted molar refractivity (Wildman–Crippen MR) is 46.8 cm³/mol. The van der Waals surface area contributed by atoms with Crippen LogP contribution in [0.5, 0.6) is 0 Å². The molecule has 5 nitrogen and oxygen atoms in total. The number of carbonyl (C=O) groups excluding carboxylic acids is 1. The van der Waals surface area contributed by atoms with Crippen molar-refractivity contribution in [2.24, 2.45) is 7.05 Å². The molecule has 0 fully saturated rings. The van der Waals surface area contributed by atoms with E-state index in [1.807, 2.05) is 0 Å². The summed E-state index contributed by atoms with van der Waals surface area (Å²) in [5.41, 5.74) is 0.306. The van der Waals surface area contributed by atoms with Crippen LogP contribution in [0.15, 0.2) is 6.20 Å². The van der Waals surface area contributed by atoms with Gasteiger partial charge >= 0.3 is 0 Å². The first-order valence-corrected chi connectivity index (χ1v) is 3.70. The Morgan fingerprint density at radius 3 is 3.00 bits per heavy atom. The third-order valence-corrected chi connectivity index (χ3v) is 1.50. The second-order valence-electron chi connectivity index (χ2n) is 2.64. The van der Waals surface area contributed by atoms with Crippen LogP contribution in [0.1, 0.15) is 10.5 Å². The Morgan fingerprint density at radius 1 is 1.85 bits per heavy atom. The fourth-order valence-electron chi connectivity index (χ4n) is 0.850. The lowest BCUT2D eigenvalue weighted by Crippen LogP contribution is -2.27. The third kappa shape index (κ3) is 2.06. The average molecular weight is 178 g/mol. The van der Waals surface area contributed by atoms with Gasteiger partial charge < -0.3 is 4.90 Å². The van der Waals surface area contributed by atoms with Gasteiger partial charge in [-0.1, -0.05) is 11.1 Å². The zero-order chi connectivity index (χ0) is 9.84. The maximum atomic E-state index is 11.5. The van der Waals surface area contributed by atoms with E-state index in [0.717, 1.165) is 0 Å². The molecule has 0 spiro atoms. The van der Waals surface area contributed by atoms with Crippen molar-refractivity contribution in [3.8, 4) is 12.3 Å². The minimum atomic E-state index is -0.217. The number of amides is 1. The number of rotatable bonds is 2. The number of carbonyl (C=O) groups is 1. The number of hydrogen-bond donors (Lipinski definition) is 0. The molecular weight excluding hydrogens is 168 g/mol. The maximum Gasteiger partial charge on any atom is 0.276 e. The lowest BCUT2D eigenvalue weighted by molar-refractivity contribution is 0.0807. The van der Waals surface area contributed by atoms with Crippen LogP contribution in [0.4, 0.5) is 0 Å². The van der Waals surface area contributed by atoms with Gasteiger partial charge in [0.25, 0.3) is 5.91 Å². The summed E-state index contributed by atoms with van der Waals surface area (Å²) in [6, 6.07) is 0. The van der Waals surface area contributed by atoms with Crippen molar-refractivity contribution in [1.29, 1.82) is 0 Å². The summed E-state index contributed by atoms with van der Waals surface area (Å²) >= 11 is 0. The Bertz CT molecular complexity index is 349. The zero-order valence-corrected chi connectivity index (χ0v) is 7.56. The monoisotopic (exact) mass is 178 g/mol. The van der Waals surface area contributed by atoms with Gasteiger partial charge in [0.15, 0.2) is 5.69 Å². The summed E-state index contributed by atoms with van der Waals surface area (Å²) in [4.78, 5) is 12.9. The van der Waals surface area contributed by atoms with Gasteiger partial charge in [-0.2, -0.15) is 0 Å². The number of aryl methyl sites for hydroxylation is 1. The van der Waals surface area contributed by atoms with Crippen LogP contribution in [0.3, 0.4) is 0 Å². The van der Waals surface area contributed by atoms with Gasteiger partial charge in [0.2, 0.25) is 0 Å². The molecule has 0 aromatic carbocycles. The molecule has 0 aliphatic heterocycles. The van der Waals surface area contributed by atoms with E-state index >= 15 is 0 Å². The molecule has 0 radical (unpaired) electrons. The van der Waals surface area contributed by atoms with Crippen molar-refractivity contribution in [2.75, 3.05) is 13.6 Å². The minimum Gasteiger partial charge on any atom is -0.329 e. The van der Waals surface area contributed by atoms with Gasteiger partial charge in [-0.3, -0.25) is 9.48 Å². The lowest BCUT2D eigenvalue weighted by atomic mass is 10.4. The molecule has 5 heteroatoms. The molecule has 0 saturated heterocycles. The summed E-state index contributed by atoms with van der Waals surface area (Å²) in [6.45, 7) is 0.273. The summed E-state index contributed by atoms with van der Waals surface area (Å²) in [5, 5.41) is 7.32.